The van der Waals surface area contributed by atoms with Gasteiger partial charge in [0.05, 0.1) is 7.11 Å². The molecule has 2 atom stereocenters. The second-order valence-electron chi connectivity index (χ2n) is 3.98. The van der Waals surface area contributed by atoms with Gasteiger partial charge in [-0.1, -0.05) is 11.6 Å². The van der Waals surface area contributed by atoms with E-state index < -0.39 is 0 Å². The van der Waals surface area contributed by atoms with Crippen molar-refractivity contribution in [3.8, 4) is 5.75 Å². The molecule has 1 aliphatic heterocycles. The van der Waals surface area contributed by atoms with Crippen molar-refractivity contribution in [1.29, 1.82) is 0 Å². The van der Waals surface area contributed by atoms with E-state index in [0.717, 1.165) is 35.5 Å². The molecule has 1 saturated heterocycles. The quantitative estimate of drug-likeness (QED) is 0.798. The predicted molar refractivity (Wildman–Crippen MR) is 58.7 cm³/mol. The van der Waals surface area contributed by atoms with Crippen LogP contribution in [0.4, 0.5) is 0 Å². The van der Waals surface area contributed by atoms with Crippen molar-refractivity contribution >= 4 is 22.9 Å². The summed E-state index contributed by atoms with van der Waals surface area (Å²) >= 11 is 7.83. The Labute approximate surface area is 92.2 Å². The molecule has 1 aromatic heterocycles. The topological polar surface area (TPSA) is 21.3 Å². The molecular formula is C10H12ClNOS. The fraction of sp³-hybridized carbons (Fsp3) is 0.600. The lowest BCUT2D eigenvalue weighted by Crippen LogP contribution is -2.10. The summed E-state index contributed by atoms with van der Waals surface area (Å²) in [7, 11) is 1.71. The Balaban J connectivity index is 2.08. The summed E-state index contributed by atoms with van der Waals surface area (Å²) < 4.78 is 6.17. The van der Waals surface area contributed by atoms with E-state index >= 15 is 0 Å². The Hall–Kier alpha value is -0.250. The summed E-state index contributed by atoms with van der Waals surface area (Å²) in [4.78, 5) is 1.46. The normalized spacial score (nSPS) is 29.0. The van der Waals surface area contributed by atoms with Gasteiger partial charge in [-0.15, -0.1) is 11.3 Å². The molecule has 0 spiro atoms. The summed E-state index contributed by atoms with van der Waals surface area (Å²) in [6.07, 6.45) is 1.14. The van der Waals surface area contributed by atoms with Crippen LogP contribution in [0.1, 0.15) is 16.4 Å². The van der Waals surface area contributed by atoms with Gasteiger partial charge >= 0.3 is 0 Å². The van der Waals surface area contributed by atoms with Gasteiger partial charge in [0, 0.05) is 22.9 Å². The molecule has 2 unspecified atom stereocenters. The highest BCUT2D eigenvalue weighted by Crippen LogP contribution is 2.51. The maximum atomic E-state index is 6.13. The number of hydrogen-bond acceptors (Lipinski definition) is 3. The third-order valence-electron chi connectivity index (χ3n) is 3.30. The van der Waals surface area contributed by atoms with Gasteiger partial charge in [-0.05, 0) is 18.9 Å². The van der Waals surface area contributed by atoms with Crippen LogP contribution in [0, 0.1) is 5.92 Å². The Morgan fingerprint density at radius 2 is 2.36 bits per heavy atom. The van der Waals surface area contributed by atoms with Gasteiger partial charge in [-0.3, -0.25) is 0 Å². The number of halogens is 1. The Morgan fingerprint density at radius 1 is 1.50 bits per heavy atom. The van der Waals surface area contributed by atoms with Crippen LogP contribution in [0.5, 0.6) is 5.75 Å². The molecule has 76 valence electrons. The van der Waals surface area contributed by atoms with Crippen LogP contribution >= 0.6 is 22.9 Å². The third-order valence-corrected chi connectivity index (χ3v) is 4.83. The molecule has 4 heteroatoms. The number of nitrogens with one attached hydrogen (secondary N) is 1. The SMILES string of the molecule is COc1c(Cl)sc2c1CC1CNCC21. The molecule has 0 aromatic carbocycles. The standard InChI is InChI=1S/C10H12ClNOS/c1-13-8-6-2-5-3-12-4-7(5)9(6)14-10(8)11/h5,7,12H,2-4H2,1H3. The zero-order chi connectivity index (χ0) is 9.71. The molecule has 0 radical (unpaired) electrons. The number of ether oxygens (including phenoxy) is 1. The van der Waals surface area contributed by atoms with Gasteiger partial charge in [-0.25, -0.2) is 0 Å². The summed E-state index contributed by atoms with van der Waals surface area (Å²) in [5, 5.41) is 3.43. The van der Waals surface area contributed by atoms with E-state index in [9.17, 15) is 0 Å². The summed E-state index contributed by atoms with van der Waals surface area (Å²) in [5.41, 5.74) is 1.37. The summed E-state index contributed by atoms with van der Waals surface area (Å²) in [5.74, 6) is 2.40. The number of methoxy groups -OCH3 is 1. The number of thiophene rings is 1. The highest BCUT2D eigenvalue weighted by Gasteiger charge is 2.40. The van der Waals surface area contributed by atoms with Crippen LogP contribution in [0.3, 0.4) is 0 Å². The van der Waals surface area contributed by atoms with Gasteiger partial charge in [0.25, 0.3) is 0 Å². The average molecular weight is 230 g/mol. The number of rotatable bonds is 1. The molecule has 0 bridgehead atoms. The Morgan fingerprint density at radius 3 is 3.14 bits per heavy atom. The smallest absolute Gasteiger partial charge is 0.151 e. The van der Waals surface area contributed by atoms with Crippen molar-refractivity contribution in [2.45, 2.75) is 12.3 Å². The van der Waals surface area contributed by atoms with Gasteiger partial charge in [-0.2, -0.15) is 0 Å². The van der Waals surface area contributed by atoms with Crippen molar-refractivity contribution in [3.05, 3.63) is 14.8 Å². The van der Waals surface area contributed by atoms with E-state index in [0.29, 0.717) is 5.92 Å². The first kappa shape index (κ1) is 9.01. The van der Waals surface area contributed by atoms with Crippen molar-refractivity contribution in [1.82, 2.24) is 5.32 Å². The van der Waals surface area contributed by atoms with Gasteiger partial charge in [0.2, 0.25) is 0 Å². The second-order valence-corrected chi connectivity index (χ2v) is 5.64. The fourth-order valence-corrected chi connectivity index (χ4v) is 4.31. The first-order chi connectivity index (χ1) is 6.81. The lowest BCUT2D eigenvalue weighted by Gasteiger charge is -2.06. The molecule has 1 fully saturated rings. The van der Waals surface area contributed by atoms with E-state index in [4.69, 9.17) is 16.3 Å². The highest BCUT2D eigenvalue weighted by atomic mass is 35.5. The first-order valence-corrected chi connectivity index (χ1v) is 6.06. The first-order valence-electron chi connectivity index (χ1n) is 4.87. The Kier molecular flexibility index (Phi) is 2.01. The molecule has 0 saturated carbocycles. The van der Waals surface area contributed by atoms with E-state index in [1.807, 2.05) is 0 Å². The molecule has 14 heavy (non-hydrogen) atoms. The van der Waals surface area contributed by atoms with E-state index in [-0.39, 0.29) is 0 Å². The van der Waals surface area contributed by atoms with Crippen LogP contribution in [0.25, 0.3) is 0 Å². The third kappa shape index (κ3) is 1.06. The van der Waals surface area contributed by atoms with Gasteiger partial charge in [0.15, 0.2) is 5.75 Å². The number of fused-ring (bicyclic) bond motifs is 3. The van der Waals surface area contributed by atoms with Crippen molar-refractivity contribution in [3.63, 3.8) is 0 Å². The molecule has 1 N–H and O–H groups in total. The van der Waals surface area contributed by atoms with Crippen LogP contribution in [0.15, 0.2) is 0 Å². The minimum atomic E-state index is 0.691. The summed E-state index contributed by atoms with van der Waals surface area (Å²) in [6, 6.07) is 0. The molecule has 2 heterocycles. The molecule has 2 aliphatic rings. The fourth-order valence-electron chi connectivity index (χ4n) is 2.65. The van der Waals surface area contributed by atoms with Crippen LogP contribution in [0.2, 0.25) is 4.34 Å². The van der Waals surface area contributed by atoms with Crippen molar-refractivity contribution in [2.75, 3.05) is 20.2 Å². The zero-order valence-corrected chi connectivity index (χ0v) is 9.54. The van der Waals surface area contributed by atoms with Gasteiger partial charge < -0.3 is 10.1 Å². The van der Waals surface area contributed by atoms with Crippen molar-refractivity contribution in [2.24, 2.45) is 5.92 Å². The molecule has 1 aliphatic carbocycles. The molecule has 3 rings (SSSR count). The Bertz CT molecular complexity index is 376. The zero-order valence-electron chi connectivity index (χ0n) is 7.97. The molecule has 2 nitrogen and oxygen atoms in total. The monoisotopic (exact) mass is 229 g/mol. The van der Waals surface area contributed by atoms with Crippen LogP contribution < -0.4 is 10.1 Å². The van der Waals surface area contributed by atoms with Crippen LogP contribution in [-0.4, -0.2) is 20.2 Å². The molecule has 1 aromatic rings. The summed E-state index contributed by atoms with van der Waals surface area (Å²) in [6.45, 7) is 2.25. The molecular weight excluding hydrogens is 218 g/mol. The molecule has 0 amide bonds. The average Bonchev–Trinajstić information content (AvgIpc) is 2.76. The number of hydrogen-bond donors (Lipinski definition) is 1. The maximum Gasteiger partial charge on any atom is 0.151 e. The van der Waals surface area contributed by atoms with E-state index in [1.54, 1.807) is 18.4 Å². The van der Waals surface area contributed by atoms with E-state index in [1.165, 1.54) is 10.4 Å². The van der Waals surface area contributed by atoms with Crippen LogP contribution in [-0.2, 0) is 6.42 Å². The lowest BCUT2D eigenvalue weighted by molar-refractivity contribution is 0.410. The van der Waals surface area contributed by atoms with Gasteiger partial charge in [0.1, 0.15) is 4.34 Å². The highest BCUT2D eigenvalue weighted by molar-refractivity contribution is 7.17. The lowest BCUT2D eigenvalue weighted by atomic mass is 10.0. The predicted octanol–water partition coefficient (Wildman–Crippen LogP) is 2.27. The van der Waals surface area contributed by atoms with E-state index in [2.05, 4.69) is 5.32 Å². The second kappa shape index (κ2) is 3.12. The maximum absolute atomic E-state index is 6.13. The largest absolute Gasteiger partial charge is 0.494 e. The minimum absolute atomic E-state index is 0.691. The minimum Gasteiger partial charge on any atom is -0.494 e. The van der Waals surface area contributed by atoms with Crippen molar-refractivity contribution < 1.29 is 4.74 Å².